The molecule has 0 aliphatic heterocycles. The number of furan rings is 1. The third kappa shape index (κ3) is 4.38. The summed E-state index contributed by atoms with van der Waals surface area (Å²) in [6.45, 7) is 7.86. The maximum absolute atomic E-state index is 13.9. The van der Waals surface area contributed by atoms with Gasteiger partial charge in [0, 0.05) is 23.7 Å². The van der Waals surface area contributed by atoms with Gasteiger partial charge < -0.3 is 13.8 Å². The molecule has 4 aromatic rings. The summed E-state index contributed by atoms with van der Waals surface area (Å²) in [5.41, 5.74) is 2.31. The van der Waals surface area contributed by atoms with E-state index in [1.807, 2.05) is 38.1 Å². The Bertz CT molecular complexity index is 1290. The molecule has 2 heterocycles. The Morgan fingerprint density at radius 3 is 2.59 bits per heavy atom. The van der Waals surface area contributed by atoms with Crippen LogP contribution in [0.3, 0.4) is 0 Å². The SMILES string of the molecule is CCC(C)c1cc(F)ccc1-c1ccc(-c2cccc(C(=O)N(C)C(C)(C)c3ncon3)c2)o1. The first kappa shape index (κ1) is 23.4. The summed E-state index contributed by atoms with van der Waals surface area (Å²) < 4.78 is 24.9. The van der Waals surface area contributed by atoms with Crippen molar-refractivity contribution in [2.45, 2.75) is 45.6 Å². The molecule has 0 saturated carbocycles. The van der Waals surface area contributed by atoms with Crippen LogP contribution in [0.2, 0.25) is 0 Å². The molecule has 1 unspecified atom stereocenters. The number of nitrogens with zero attached hydrogens (tertiary/aromatic N) is 3. The lowest BCUT2D eigenvalue weighted by molar-refractivity contribution is 0.0602. The number of hydrogen-bond donors (Lipinski definition) is 0. The van der Waals surface area contributed by atoms with E-state index in [-0.39, 0.29) is 17.6 Å². The second kappa shape index (κ2) is 9.25. The molecule has 0 N–H and O–H groups in total. The molecule has 0 bridgehead atoms. The van der Waals surface area contributed by atoms with Crippen LogP contribution in [0.5, 0.6) is 0 Å². The van der Waals surface area contributed by atoms with Gasteiger partial charge in [0.15, 0.2) is 5.82 Å². The normalized spacial score (nSPS) is 12.5. The lowest BCUT2D eigenvalue weighted by Crippen LogP contribution is -2.43. The van der Waals surface area contributed by atoms with Crippen molar-refractivity contribution in [3.63, 3.8) is 0 Å². The molecule has 176 valence electrons. The van der Waals surface area contributed by atoms with E-state index in [1.165, 1.54) is 12.5 Å². The Morgan fingerprint density at radius 1 is 1.12 bits per heavy atom. The highest BCUT2D eigenvalue weighted by molar-refractivity contribution is 5.95. The fraction of sp³-hybridized carbons (Fsp3) is 0.296. The summed E-state index contributed by atoms with van der Waals surface area (Å²) in [7, 11) is 1.71. The Hall–Kier alpha value is -3.74. The van der Waals surface area contributed by atoms with Crippen LogP contribution in [0.4, 0.5) is 4.39 Å². The quantitative estimate of drug-likeness (QED) is 0.308. The molecule has 6 nitrogen and oxygen atoms in total. The molecule has 7 heteroatoms. The van der Waals surface area contributed by atoms with Crippen LogP contribution in [-0.2, 0) is 5.54 Å². The van der Waals surface area contributed by atoms with Crippen LogP contribution in [0.1, 0.15) is 61.8 Å². The third-order valence-electron chi connectivity index (χ3n) is 6.47. The Kier molecular flexibility index (Phi) is 6.37. The van der Waals surface area contributed by atoms with Crippen LogP contribution in [0.15, 0.2) is 69.9 Å². The number of benzene rings is 2. The molecule has 2 aromatic carbocycles. The number of amides is 1. The van der Waals surface area contributed by atoms with Gasteiger partial charge in [-0.2, -0.15) is 4.98 Å². The van der Waals surface area contributed by atoms with E-state index in [4.69, 9.17) is 8.94 Å². The molecule has 0 fully saturated rings. The maximum Gasteiger partial charge on any atom is 0.254 e. The zero-order valence-electron chi connectivity index (χ0n) is 20.0. The first-order chi connectivity index (χ1) is 16.2. The summed E-state index contributed by atoms with van der Waals surface area (Å²) in [4.78, 5) is 18.9. The number of aromatic nitrogens is 2. The average molecular weight is 462 g/mol. The van der Waals surface area contributed by atoms with Gasteiger partial charge in [0.25, 0.3) is 5.91 Å². The zero-order chi connectivity index (χ0) is 24.5. The average Bonchev–Trinajstić information content (AvgIpc) is 3.55. The molecule has 0 spiro atoms. The molecule has 4 rings (SSSR count). The van der Waals surface area contributed by atoms with E-state index in [2.05, 4.69) is 24.0 Å². The monoisotopic (exact) mass is 461 g/mol. The largest absolute Gasteiger partial charge is 0.456 e. The first-order valence-electron chi connectivity index (χ1n) is 11.3. The molecular weight excluding hydrogens is 433 g/mol. The molecule has 1 atom stereocenters. The van der Waals surface area contributed by atoms with Gasteiger partial charge in [0.1, 0.15) is 22.9 Å². The fourth-order valence-electron chi connectivity index (χ4n) is 3.87. The van der Waals surface area contributed by atoms with Crippen molar-refractivity contribution in [2.24, 2.45) is 0 Å². The summed E-state index contributed by atoms with van der Waals surface area (Å²) in [6, 6.07) is 15.8. The Labute approximate surface area is 198 Å². The number of halogens is 1. The highest BCUT2D eigenvalue weighted by Crippen LogP contribution is 2.35. The van der Waals surface area contributed by atoms with Crippen molar-refractivity contribution in [1.29, 1.82) is 0 Å². The van der Waals surface area contributed by atoms with Gasteiger partial charge in [-0.25, -0.2) is 4.39 Å². The second-order valence-electron chi connectivity index (χ2n) is 8.96. The van der Waals surface area contributed by atoms with Crippen molar-refractivity contribution in [3.05, 3.63) is 83.8 Å². The third-order valence-corrected chi connectivity index (χ3v) is 6.47. The molecule has 0 radical (unpaired) electrons. The highest BCUT2D eigenvalue weighted by Gasteiger charge is 2.34. The molecule has 1 amide bonds. The Morgan fingerprint density at radius 2 is 1.88 bits per heavy atom. The van der Waals surface area contributed by atoms with Crippen LogP contribution < -0.4 is 0 Å². The van der Waals surface area contributed by atoms with Gasteiger partial charge in [-0.1, -0.05) is 31.1 Å². The van der Waals surface area contributed by atoms with E-state index in [9.17, 15) is 9.18 Å². The summed E-state index contributed by atoms with van der Waals surface area (Å²) in [5.74, 6) is 1.47. The highest BCUT2D eigenvalue weighted by atomic mass is 19.1. The van der Waals surface area contributed by atoms with Crippen LogP contribution in [0, 0.1) is 5.82 Å². The summed E-state index contributed by atoms with van der Waals surface area (Å²) in [5, 5.41) is 3.89. The fourth-order valence-corrected chi connectivity index (χ4v) is 3.87. The van der Waals surface area contributed by atoms with Gasteiger partial charge in [0.05, 0.1) is 0 Å². The van der Waals surface area contributed by atoms with Gasteiger partial charge in [-0.15, -0.1) is 0 Å². The van der Waals surface area contributed by atoms with E-state index in [0.717, 1.165) is 23.1 Å². The number of hydrogen-bond acceptors (Lipinski definition) is 5. The Balaban J connectivity index is 1.64. The molecular formula is C27H28FN3O3. The van der Waals surface area contributed by atoms with E-state index in [0.29, 0.717) is 22.9 Å². The molecule has 34 heavy (non-hydrogen) atoms. The number of carbonyl (C=O) groups is 1. The second-order valence-corrected chi connectivity index (χ2v) is 8.96. The first-order valence-corrected chi connectivity index (χ1v) is 11.3. The van der Waals surface area contributed by atoms with Crippen molar-refractivity contribution in [3.8, 4) is 22.6 Å². The molecule has 0 aliphatic rings. The smallest absolute Gasteiger partial charge is 0.254 e. The van der Waals surface area contributed by atoms with Crippen LogP contribution >= 0.6 is 0 Å². The van der Waals surface area contributed by atoms with E-state index >= 15 is 0 Å². The minimum atomic E-state index is -0.757. The summed E-state index contributed by atoms with van der Waals surface area (Å²) in [6.07, 6.45) is 2.14. The van der Waals surface area contributed by atoms with E-state index in [1.54, 1.807) is 36.2 Å². The van der Waals surface area contributed by atoms with Gasteiger partial charge >= 0.3 is 0 Å². The van der Waals surface area contributed by atoms with Crippen molar-refractivity contribution >= 4 is 5.91 Å². The molecule has 0 aliphatic carbocycles. The predicted octanol–water partition coefficient (Wildman–Crippen LogP) is 6.66. The van der Waals surface area contributed by atoms with Gasteiger partial charge in [-0.3, -0.25) is 4.79 Å². The molecule has 0 saturated heterocycles. The lowest BCUT2D eigenvalue weighted by atomic mass is 9.92. The minimum absolute atomic E-state index is 0.180. The zero-order valence-corrected chi connectivity index (χ0v) is 20.0. The van der Waals surface area contributed by atoms with Crippen molar-refractivity contribution < 1.29 is 18.1 Å². The maximum atomic E-state index is 13.9. The van der Waals surface area contributed by atoms with Gasteiger partial charge in [-0.05, 0) is 74.2 Å². The lowest BCUT2D eigenvalue weighted by Gasteiger charge is -2.32. The number of carbonyl (C=O) groups excluding carboxylic acids is 1. The minimum Gasteiger partial charge on any atom is -0.456 e. The van der Waals surface area contributed by atoms with Crippen LogP contribution in [-0.4, -0.2) is 28.0 Å². The standard InChI is InChI=1S/C27H28FN3O3/c1-6-17(2)22-15-20(28)10-11-21(22)24-13-12-23(34-24)18-8-7-9-19(14-18)25(32)31(5)27(3,4)26-29-16-33-30-26/h7-17H,6H2,1-5H3. The van der Waals surface area contributed by atoms with Crippen LogP contribution in [0.25, 0.3) is 22.6 Å². The van der Waals surface area contributed by atoms with E-state index < -0.39 is 5.54 Å². The number of rotatable bonds is 7. The van der Waals surface area contributed by atoms with Crippen molar-refractivity contribution in [2.75, 3.05) is 7.05 Å². The predicted molar refractivity (Wildman–Crippen MR) is 128 cm³/mol. The topological polar surface area (TPSA) is 72.4 Å². The summed E-state index contributed by atoms with van der Waals surface area (Å²) >= 11 is 0. The molecule has 2 aromatic heterocycles. The van der Waals surface area contributed by atoms with Gasteiger partial charge in [0.2, 0.25) is 6.39 Å². The van der Waals surface area contributed by atoms with Crippen molar-refractivity contribution in [1.82, 2.24) is 15.0 Å².